The summed E-state index contributed by atoms with van der Waals surface area (Å²) in [5, 5.41) is 0. The highest BCUT2D eigenvalue weighted by Gasteiger charge is 2.63. The first-order valence-corrected chi connectivity index (χ1v) is 27.4. The predicted octanol–water partition coefficient (Wildman–Crippen LogP) is 15.9. The van der Waals surface area contributed by atoms with Gasteiger partial charge < -0.3 is 14.7 Å². The van der Waals surface area contributed by atoms with Gasteiger partial charge in [0.15, 0.2) is 0 Å². The number of hydrogen-bond acceptors (Lipinski definition) is 3. The molecule has 7 aromatic rings. The van der Waals surface area contributed by atoms with E-state index in [1.54, 1.807) is 5.56 Å². The second-order valence-electron chi connectivity index (χ2n) is 26.8. The summed E-state index contributed by atoms with van der Waals surface area (Å²) in [6, 6.07) is 55.9. The van der Waals surface area contributed by atoms with Crippen molar-refractivity contribution >= 4 is 62.9 Å². The average molecular weight is 944 g/mol. The highest BCUT2D eigenvalue weighted by Crippen LogP contribution is 2.66. The van der Waals surface area contributed by atoms with Crippen molar-refractivity contribution in [2.75, 3.05) is 14.7 Å². The molecule has 0 radical (unpaired) electrons. The fraction of sp³-hybridized carbons (Fsp3) is 0.382. The molecule has 1 fully saturated rings. The first-order chi connectivity index (χ1) is 34.1. The normalized spacial score (nSPS) is 24.5. The number of aryl methyl sites for hydroxylation is 1. The number of para-hydroxylation sites is 1. The molecule has 0 bridgehead atoms. The van der Waals surface area contributed by atoms with Crippen molar-refractivity contribution in [2.45, 2.75) is 167 Å². The minimum absolute atomic E-state index is 0.00246. The maximum Gasteiger partial charge on any atom is 0.252 e. The van der Waals surface area contributed by atoms with Crippen molar-refractivity contribution in [1.29, 1.82) is 0 Å². The van der Waals surface area contributed by atoms with Crippen LogP contribution in [0.1, 0.15) is 161 Å². The van der Waals surface area contributed by atoms with E-state index in [1.807, 2.05) is 0 Å². The molecule has 4 unspecified atom stereocenters. The molecule has 1 saturated carbocycles. The van der Waals surface area contributed by atoms with Crippen molar-refractivity contribution in [3.63, 3.8) is 0 Å². The molecule has 4 heteroatoms. The molecule has 72 heavy (non-hydrogen) atoms. The van der Waals surface area contributed by atoms with Crippen LogP contribution < -0.4 is 31.1 Å². The van der Waals surface area contributed by atoms with Crippen molar-refractivity contribution in [3.8, 4) is 11.1 Å². The molecule has 6 aliphatic rings. The molecule has 7 aromatic carbocycles. The first-order valence-electron chi connectivity index (χ1n) is 27.4. The Bertz CT molecular complexity index is 3420. The van der Waals surface area contributed by atoms with Gasteiger partial charge in [0, 0.05) is 50.5 Å². The number of benzene rings is 7. The van der Waals surface area contributed by atoms with Gasteiger partial charge in [0.25, 0.3) is 6.71 Å². The van der Waals surface area contributed by atoms with Crippen molar-refractivity contribution in [3.05, 3.63) is 178 Å². The molecule has 0 amide bonds. The van der Waals surface area contributed by atoms with Crippen LogP contribution >= 0.6 is 0 Å². The van der Waals surface area contributed by atoms with E-state index < -0.39 is 0 Å². The molecule has 13 rings (SSSR count). The van der Waals surface area contributed by atoms with E-state index in [-0.39, 0.29) is 44.9 Å². The smallest absolute Gasteiger partial charge is 0.252 e. The molecule has 2 aliphatic carbocycles. The number of rotatable bonds is 3. The van der Waals surface area contributed by atoms with Crippen LogP contribution in [0.15, 0.2) is 140 Å². The fourth-order valence-corrected chi connectivity index (χ4v) is 15.4. The van der Waals surface area contributed by atoms with Crippen molar-refractivity contribution in [1.82, 2.24) is 0 Å². The Balaban J connectivity index is 1.19. The third kappa shape index (κ3) is 5.93. The first kappa shape index (κ1) is 45.8. The standard InChI is InChI=1S/C68H74BN3/c1-62(2,3)45-28-31-55(49(38-45)43-22-15-14-16-23-43)70-57-33-30-47(64(7,8)9)40-54(57)69-53-27-21-26-51-61(53)72(67(12)36-20-19-35-65(51,67)10)59-42-48(41-58(70)60(59)69)71-56-32-29-46(63(4,5)6)39-52(56)66(11)37-34-44-24-17-18-25-50(44)68(66,71)13/h14-18,21-33,38-42H,19-20,34-37H2,1-13H3. The molecular weight excluding hydrogens is 870 g/mol. The summed E-state index contributed by atoms with van der Waals surface area (Å²) in [7, 11) is 0. The zero-order chi connectivity index (χ0) is 50.3. The Morgan fingerprint density at radius 3 is 1.79 bits per heavy atom. The summed E-state index contributed by atoms with van der Waals surface area (Å²) in [6.45, 7) is 31.8. The van der Waals surface area contributed by atoms with Gasteiger partial charge in [-0.2, -0.15) is 0 Å². The summed E-state index contributed by atoms with van der Waals surface area (Å²) < 4.78 is 0. The lowest BCUT2D eigenvalue weighted by Gasteiger charge is -2.54. The molecule has 364 valence electrons. The summed E-state index contributed by atoms with van der Waals surface area (Å²) in [6.07, 6.45) is 7.03. The molecule has 4 atom stereocenters. The molecule has 4 heterocycles. The molecule has 0 N–H and O–H groups in total. The van der Waals surface area contributed by atoms with Gasteiger partial charge in [0.2, 0.25) is 0 Å². The molecular formula is C68H74BN3. The van der Waals surface area contributed by atoms with Crippen LogP contribution in [-0.2, 0) is 39.0 Å². The average Bonchev–Trinajstić information content (AvgIpc) is 3.70. The van der Waals surface area contributed by atoms with E-state index in [0.29, 0.717) is 0 Å². The lowest BCUT2D eigenvalue weighted by molar-refractivity contribution is 0.195. The second kappa shape index (κ2) is 14.8. The predicted molar refractivity (Wildman–Crippen MR) is 308 cm³/mol. The van der Waals surface area contributed by atoms with Crippen molar-refractivity contribution in [2.24, 2.45) is 0 Å². The van der Waals surface area contributed by atoms with E-state index in [9.17, 15) is 0 Å². The summed E-state index contributed by atoms with van der Waals surface area (Å²) in [5.74, 6) is 0. The largest absolute Gasteiger partial charge is 0.335 e. The quantitative estimate of drug-likeness (QED) is 0.163. The van der Waals surface area contributed by atoms with Gasteiger partial charge in [-0.3, -0.25) is 0 Å². The monoisotopic (exact) mass is 944 g/mol. The fourth-order valence-electron chi connectivity index (χ4n) is 15.4. The van der Waals surface area contributed by atoms with Gasteiger partial charge in [0.1, 0.15) is 0 Å². The Labute approximate surface area is 431 Å². The van der Waals surface area contributed by atoms with Gasteiger partial charge in [-0.25, -0.2) is 0 Å². The summed E-state index contributed by atoms with van der Waals surface area (Å²) >= 11 is 0. The van der Waals surface area contributed by atoms with Gasteiger partial charge in [0.05, 0.1) is 16.8 Å². The molecule has 3 nitrogen and oxygen atoms in total. The van der Waals surface area contributed by atoms with Crippen LogP contribution in [0, 0.1) is 0 Å². The van der Waals surface area contributed by atoms with E-state index in [2.05, 4.69) is 244 Å². The Morgan fingerprint density at radius 1 is 0.458 bits per heavy atom. The van der Waals surface area contributed by atoms with E-state index in [1.165, 1.54) is 120 Å². The highest BCUT2D eigenvalue weighted by molar-refractivity contribution is 7.00. The molecule has 0 spiro atoms. The lowest BCUT2D eigenvalue weighted by Crippen LogP contribution is -2.64. The van der Waals surface area contributed by atoms with Crippen molar-refractivity contribution < 1.29 is 0 Å². The van der Waals surface area contributed by atoms with Crippen LogP contribution in [0.25, 0.3) is 11.1 Å². The Morgan fingerprint density at radius 2 is 1.07 bits per heavy atom. The third-order valence-electron chi connectivity index (χ3n) is 19.9. The van der Waals surface area contributed by atoms with E-state index in [0.717, 1.165) is 19.3 Å². The number of anilines is 7. The second-order valence-corrected chi connectivity index (χ2v) is 26.8. The number of nitrogens with zero attached hydrogens (tertiary/aromatic N) is 3. The van der Waals surface area contributed by atoms with Crippen LogP contribution in [0.5, 0.6) is 0 Å². The zero-order valence-electron chi connectivity index (χ0n) is 45.4. The van der Waals surface area contributed by atoms with Gasteiger partial charge in [-0.15, -0.1) is 0 Å². The maximum atomic E-state index is 2.93. The third-order valence-corrected chi connectivity index (χ3v) is 19.9. The topological polar surface area (TPSA) is 9.72 Å². The van der Waals surface area contributed by atoms with E-state index in [4.69, 9.17) is 0 Å². The van der Waals surface area contributed by atoms with Gasteiger partial charge >= 0.3 is 0 Å². The van der Waals surface area contributed by atoms with Crippen LogP contribution in [0.2, 0.25) is 0 Å². The minimum Gasteiger partial charge on any atom is -0.335 e. The van der Waals surface area contributed by atoms with E-state index >= 15 is 0 Å². The number of fused-ring (bicyclic) bond motifs is 12. The van der Waals surface area contributed by atoms with Crippen LogP contribution in [0.4, 0.5) is 39.8 Å². The lowest BCUT2D eigenvalue weighted by atomic mass is 9.33. The van der Waals surface area contributed by atoms with Crippen LogP contribution in [-0.4, -0.2) is 12.3 Å². The van der Waals surface area contributed by atoms with Gasteiger partial charge in [-0.1, -0.05) is 192 Å². The Hall–Kier alpha value is -6.00. The Kier molecular flexibility index (Phi) is 9.44. The van der Waals surface area contributed by atoms with Gasteiger partial charge in [-0.05, 0) is 153 Å². The zero-order valence-corrected chi connectivity index (χ0v) is 45.4. The molecule has 0 saturated heterocycles. The highest BCUT2D eigenvalue weighted by atomic mass is 15.3. The summed E-state index contributed by atoms with van der Waals surface area (Å²) in [5.41, 5.74) is 25.5. The van der Waals surface area contributed by atoms with Crippen LogP contribution in [0.3, 0.4) is 0 Å². The SMILES string of the molecule is CC(C)(C)c1ccc2c(c1)B1c3cccc4c3N(c3cc(N5c6ccc(C(C)(C)C)cc6C6(C)CCc7ccccc7C56C)cc(c31)N2c1ccc(C(C)(C)C)cc1-c1ccccc1)C1(C)CCCCC41C. The summed E-state index contributed by atoms with van der Waals surface area (Å²) in [4.78, 5) is 8.50. The number of hydrogen-bond donors (Lipinski definition) is 0. The maximum absolute atomic E-state index is 2.93. The molecule has 4 aliphatic heterocycles. The minimum atomic E-state index is -0.365. The molecule has 0 aromatic heterocycles.